The average Bonchev–Trinajstić information content (AvgIpc) is 3.12. The molecule has 0 aliphatic carbocycles. The van der Waals surface area contributed by atoms with E-state index in [2.05, 4.69) is 35.0 Å². The molecule has 0 N–H and O–H groups in total. The van der Waals surface area contributed by atoms with Gasteiger partial charge in [-0.05, 0) is 57.1 Å². The normalized spacial score (nSPS) is 16.5. The molecule has 1 aliphatic rings. The Morgan fingerprint density at radius 2 is 2.00 bits per heavy atom. The molecule has 0 unspecified atom stereocenters. The molecular formula is C26H31N5O3. The summed E-state index contributed by atoms with van der Waals surface area (Å²) in [5.74, 6) is 0.626. The summed E-state index contributed by atoms with van der Waals surface area (Å²) in [6, 6.07) is 10.1. The van der Waals surface area contributed by atoms with Gasteiger partial charge in [0.25, 0.3) is 0 Å². The summed E-state index contributed by atoms with van der Waals surface area (Å²) in [5.41, 5.74) is 4.61. The molecule has 0 bridgehead atoms. The van der Waals surface area contributed by atoms with Crippen molar-refractivity contribution in [3.63, 3.8) is 0 Å². The summed E-state index contributed by atoms with van der Waals surface area (Å²) in [4.78, 5) is 24.4. The summed E-state index contributed by atoms with van der Waals surface area (Å²) in [5, 5.41) is 0.960. The number of pyridine rings is 2. The van der Waals surface area contributed by atoms with Crippen LogP contribution in [0.2, 0.25) is 0 Å². The van der Waals surface area contributed by atoms with E-state index in [-0.39, 0.29) is 11.7 Å². The lowest BCUT2D eigenvalue weighted by Crippen LogP contribution is -2.31. The second-order valence-corrected chi connectivity index (χ2v) is 9.20. The van der Waals surface area contributed by atoms with Gasteiger partial charge in [0.1, 0.15) is 0 Å². The number of nitrogens with zero attached hydrogens (tertiary/aromatic N) is 5. The molecule has 0 radical (unpaired) electrons. The van der Waals surface area contributed by atoms with Gasteiger partial charge in [-0.1, -0.05) is 6.07 Å². The molecule has 178 valence electrons. The van der Waals surface area contributed by atoms with Crippen LogP contribution < -0.4 is 10.4 Å². The summed E-state index contributed by atoms with van der Waals surface area (Å²) in [6.07, 6.45) is 6.47. The maximum absolute atomic E-state index is 13.2. The van der Waals surface area contributed by atoms with Gasteiger partial charge in [-0.2, -0.15) is 0 Å². The van der Waals surface area contributed by atoms with Crippen molar-refractivity contribution in [3.8, 4) is 17.0 Å². The van der Waals surface area contributed by atoms with Crippen LogP contribution >= 0.6 is 0 Å². The van der Waals surface area contributed by atoms with E-state index < -0.39 is 0 Å². The maximum atomic E-state index is 13.2. The van der Waals surface area contributed by atoms with Crippen LogP contribution in [0.4, 0.5) is 0 Å². The average molecular weight is 462 g/mol. The van der Waals surface area contributed by atoms with E-state index in [1.165, 1.54) is 0 Å². The highest BCUT2D eigenvalue weighted by Gasteiger charge is 2.23. The number of hydrogen-bond donors (Lipinski definition) is 0. The molecule has 34 heavy (non-hydrogen) atoms. The predicted octanol–water partition coefficient (Wildman–Crippen LogP) is 3.63. The summed E-state index contributed by atoms with van der Waals surface area (Å²) >= 11 is 0. The third-order valence-electron chi connectivity index (χ3n) is 6.49. The first-order chi connectivity index (χ1) is 16.5. The van der Waals surface area contributed by atoms with E-state index in [1.807, 2.05) is 42.1 Å². The Kier molecular flexibility index (Phi) is 6.34. The second-order valence-electron chi connectivity index (χ2n) is 9.20. The number of aryl methyl sites for hydroxylation is 1. The van der Waals surface area contributed by atoms with Crippen molar-refractivity contribution in [2.24, 2.45) is 7.05 Å². The minimum absolute atomic E-state index is 0.0253. The summed E-state index contributed by atoms with van der Waals surface area (Å²) in [7, 11) is 5.92. The van der Waals surface area contributed by atoms with Crippen molar-refractivity contribution in [2.45, 2.75) is 25.3 Å². The minimum Gasteiger partial charge on any atom is -0.478 e. The van der Waals surface area contributed by atoms with Crippen LogP contribution in [-0.4, -0.2) is 64.5 Å². The molecule has 1 aromatic carbocycles. The predicted molar refractivity (Wildman–Crippen MR) is 133 cm³/mol. The standard InChI is InChI=1S/C26H31N5O3/c1-29(2)11-5-13-34-24-10-8-19(15-28-24)18-7-9-22-21(14-18)25-23(16-27-22)30(3)26(32)31(25)20-6-4-12-33-17-20/h7-10,14-16,20H,4-6,11-13,17H2,1-3H3/t20-/m1/s1. The van der Waals surface area contributed by atoms with Crippen LogP contribution in [-0.2, 0) is 11.8 Å². The molecule has 8 heteroatoms. The molecule has 4 heterocycles. The Morgan fingerprint density at radius 3 is 2.74 bits per heavy atom. The first-order valence-electron chi connectivity index (χ1n) is 11.8. The molecule has 5 rings (SSSR count). The molecular weight excluding hydrogens is 430 g/mol. The van der Waals surface area contributed by atoms with Gasteiger partial charge in [-0.25, -0.2) is 9.78 Å². The third-order valence-corrected chi connectivity index (χ3v) is 6.49. The molecule has 8 nitrogen and oxygen atoms in total. The van der Waals surface area contributed by atoms with Crippen LogP contribution in [0, 0.1) is 0 Å². The van der Waals surface area contributed by atoms with E-state index in [0.29, 0.717) is 19.1 Å². The van der Waals surface area contributed by atoms with Gasteiger partial charge in [0, 0.05) is 43.4 Å². The smallest absolute Gasteiger partial charge is 0.329 e. The Bertz CT molecular complexity index is 1350. The van der Waals surface area contributed by atoms with Crippen LogP contribution in [0.25, 0.3) is 33.1 Å². The van der Waals surface area contributed by atoms with Crippen molar-refractivity contribution in [3.05, 3.63) is 53.2 Å². The third kappa shape index (κ3) is 4.31. The quantitative estimate of drug-likeness (QED) is 0.391. The minimum atomic E-state index is -0.0253. The summed E-state index contributed by atoms with van der Waals surface area (Å²) in [6.45, 7) is 2.93. The fourth-order valence-electron chi connectivity index (χ4n) is 4.67. The zero-order chi connectivity index (χ0) is 23.7. The van der Waals surface area contributed by atoms with Gasteiger partial charge < -0.3 is 14.4 Å². The van der Waals surface area contributed by atoms with E-state index in [1.54, 1.807) is 10.8 Å². The van der Waals surface area contributed by atoms with Gasteiger partial charge in [-0.3, -0.25) is 14.1 Å². The number of imidazole rings is 1. The Labute approximate surface area is 198 Å². The summed E-state index contributed by atoms with van der Waals surface area (Å²) < 4.78 is 15.1. The lowest BCUT2D eigenvalue weighted by atomic mass is 10.0. The molecule has 4 aromatic rings. The number of hydrogen-bond acceptors (Lipinski definition) is 6. The second kappa shape index (κ2) is 9.56. The van der Waals surface area contributed by atoms with Crippen LogP contribution in [0.15, 0.2) is 47.5 Å². The largest absolute Gasteiger partial charge is 0.478 e. The molecule has 1 aliphatic heterocycles. The Hall–Kier alpha value is -3.23. The number of aromatic nitrogens is 4. The fourth-order valence-corrected chi connectivity index (χ4v) is 4.67. The van der Waals surface area contributed by atoms with Crippen LogP contribution in [0.5, 0.6) is 5.88 Å². The molecule has 1 saturated heterocycles. The monoisotopic (exact) mass is 461 g/mol. The van der Waals surface area contributed by atoms with Gasteiger partial charge in [0.05, 0.1) is 42.0 Å². The van der Waals surface area contributed by atoms with Gasteiger partial charge in [-0.15, -0.1) is 0 Å². The molecule has 1 atom stereocenters. The van der Waals surface area contributed by atoms with Crippen LogP contribution in [0.3, 0.4) is 0 Å². The fraction of sp³-hybridized carbons (Fsp3) is 0.423. The number of fused-ring (bicyclic) bond motifs is 3. The molecule has 0 amide bonds. The van der Waals surface area contributed by atoms with Gasteiger partial charge in [0.2, 0.25) is 5.88 Å². The topological polar surface area (TPSA) is 74.4 Å². The zero-order valence-corrected chi connectivity index (χ0v) is 20.0. The molecule has 3 aromatic heterocycles. The van der Waals surface area contributed by atoms with Crippen LogP contribution in [0.1, 0.15) is 25.3 Å². The van der Waals surface area contributed by atoms with Crippen molar-refractivity contribution >= 4 is 21.9 Å². The first-order valence-corrected chi connectivity index (χ1v) is 11.8. The van der Waals surface area contributed by atoms with Gasteiger partial charge >= 0.3 is 5.69 Å². The highest BCUT2D eigenvalue weighted by molar-refractivity contribution is 6.04. The van der Waals surface area contributed by atoms with E-state index in [4.69, 9.17) is 9.47 Å². The van der Waals surface area contributed by atoms with E-state index in [9.17, 15) is 4.79 Å². The van der Waals surface area contributed by atoms with Gasteiger partial charge in [0.15, 0.2) is 0 Å². The van der Waals surface area contributed by atoms with Crippen molar-refractivity contribution in [1.82, 2.24) is 24.0 Å². The Balaban J connectivity index is 1.51. The number of benzene rings is 1. The maximum Gasteiger partial charge on any atom is 0.329 e. The van der Waals surface area contributed by atoms with E-state index in [0.717, 1.165) is 65.5 Å². The molecule has 0 saturated carbocycles. The first kappa shape index (κ1) is 22.6. The SMILES string of the molecule is CN(C)CCCOc1ccc(-c2ccc3ncc4c(c3c2)n([C@@H]2CCCOC2)c(=O)n4C)cn1. The van der Waals surface area contributed by atoms with Crippen molar-refractivity contribution < 1.29 is 9.47 Å². The number of ether oxygens (including phenoxy) is 2. The lowest BCUT2D eigenvalue weighted by Gasteiger charge is -2.23. The highest BCUT2D eigenvalue weighted by atomic mass is 16.5. The highest BCUT2D eigenvalue weighted by Crippen LogP contribution is 2.31. The lowest BCUT2D eigenvalue weighted by molar-refractivity contribution is 0.0593. The van der Waals surface area contributed by atoms with Crippen molar-refractivity contribution in [1.29, 1.82) is 0 Å². The van der Waals surface area contributed by atoms with Crippen molar-refractivity contribution in [2.75, 3.05) is 40.5 Å². The Morgan fingerprint density at radius 1 is 1.15 bits per heavy atom. The molecule has 0 spiro atoms. The van der Waals surface area contributed by atoms with E-state index >= 15 is 0 Å². The molecule has 1 fully saturated rings. The number of rotatable bonds is 7. The zero-order valence-electron chi connectivity index (χ0n) is 20.0.